The Morgan fingerprint density at radius 3 is 2.76 bits per heavy atom. The number of ether oxygens (including phenoxy) is 1. The van der Waals surface area contributed by atoms with Gasteiger partial charge >= 0.3 is 0 Å². The van der Waals surface area contributed by atoms with E-state index in [9.17, 15) is 8.42 Å². The van der Waals surface area contributed by atoms with E-state index in [1.165, 1.54) is 21.6 Å². The highest BCUT2D eigenvalue weighted by Crippen LogP contribution is 2.46. The van der Waals surface area contributed by atoms with E-state index in [0.717, 1.165) is 76.8 Å². The number of nitrogens with zero attached hydrogens (tertiary/aromatic N) is 4. The number of piperidine rings is 1. The van der Waals surface area contributed by atoms with Crippen molar-refractivity contribution in [3.63, 3.8) is 0 Å². The first-order chi connectivity index (χ1) is 15.7. The van der Waals surface area contributed by atoms with Gasteiger partial charge in [0.05, 0.1) is 29.2 Å². The summed E-state index contributed by atoms with van der Waals surface area (Å²) in [6.45, 7) is 7.44. The number of likely N-dealkylation sites (tertiary alicyclic amines) is 1. The topological polar surface area (TPSA) is 77.3 Å². The third-order valence-electron chi connectivity index (χ3n) is 8.16. The molecule has 2 aromatic heterocycles. The van der Waals surface area contributed by atoms with Gasteiger partial charge in [0.25, 0.3) is 0 Å². The number of hydrogen-bond donors (Lipinski definition) is 0. The summed E-state index contributed by atoms with van der Waals surface area (Å²) in [7, 11) is -3.14. The molecule has 3 aliphatic rings. The van der Waals surface area contributed by atoms with Crippen molar-refractivity contribution in [1.82, 2.24) is 19.9 Å². The number of aryl methyl sites for hydroxylation is 1. The standard InChI is InChI=1S/C24H36N4O3S2/c1-4-20-13-21-22(32-20)7-12-31-24(21)10-11-27(18(2)14-24)15-19-16-28(26-25-19)17-23(33(3,29)30)8-5-6-9-23/h13,16,18H,4-12,14-15,17H2,1-3H3/t18-,24+/m0/s1. The van der Waals surface area contributed by atoms with Crippen LogP contribution in [0, 0.1) is 0 Å². The molecular weight excluding hydrogens is 456 g/mol. The highest BCUT2D eigenvalue weighted by molar-refractivity contribution is 7.92. The molecule has 1 aliphatic carbocycles. The Hall–Kier alpha value is -1.29. The summed E-state index contributed by atoms with van der Waals surface area (Å²) >= 11 is 1.97. The van der Waals surface area contributed by atoms with Gasteiger partial charge in [-0.15, -0.1) is 16.4 Å². The highest BCUT2D eigenvalue weighted by atomic mass is 32.2. The Morgan fingerprint density at radius 1 is 1.27 bits per heavy atom. The number of sulfone groups is 1. The molecule has 1 spiro atoms. The second-order valence-electron chi connectivity index (χ2n) is 10.3. The zero-order valence-corrected chi connectivity index (χ0v) is 21.7. The van der Waals surface area contributed by atoms with E-state index in [2.05, 4.69) is 35.1 Å². The normalized spacial score (nSPS) is 27.8. The van der Waals surface area contributed by atoms with Crippen LogP contribution >= 0.6 is 11.3 Å². The molecule has 5 rings (SSSR count). The summed E-state index contributed by atoms with van der Waals surface area (Å²) in [4.78, 5) is 5.45. The molecule has 0 unspecified atom stereocenters. The van der Waals surface area contributed by atoms with Crippen LogP contribution in [-0.2, 0) is 46.1 Å². The fraction of sp³-hybridized carbons (Fsp3) is 0.750. The van der Waals surface area contributed by atoms with Gasteiger partial charge in [0, 0.05) is 47.8 Å². The van der Waals surface area contributed by atoms with Crippen molar-refractivity contribution >= 4 is 21.2 Å². The van der Waals surface area contributed by atoms with Gasteiger partial charge < -0.3 is 4.74 Å². The molecule has 2 aliphatic heterocycles. The molecule has 0 amide bonds. The van der Waals surface area contributed by atoms with Crippen LogP contribution in [0.4, 0.5) is 0 Å². The summed E-state index contributed by atoms with van der Waals surface area (Å²) in [5, 5.41) is 8.71. The van der Waals surface area contributed by atoms with E-state index in [0.29, 0.717) is 12.6 Å². The largest absolute Gasteiger partial charge is 0.370 e. The predicted molar refractivity (Wildman–Crippen MR) is 130 cm³/mol. The third-order valence-corrected chi connectivity index (χ3v) is 11.6. The minimum absolute atomic E-state index is 0.143. The smallest absolute Gasteiger partial charge is 0.154 e. The number of hydrogen-bond acceptors (Lipinski definition) is 7. The van der Waals surface area contributed by atoms with Gasteiger partial charge in [0.1, 0.15) is 0 Å². The van der Waals surface area contributed by atoms with Crippen LogP contribution in [0.5, 0.6) is 0 Å². The van der Waals surface area contributed by atoms with E-state index < -0.39 is 14.6 Å². The highest BCUT2D eigenvalue weighted by Gasteiger charge is 2.45. The van der Waals surface area contributed by atoms with Crippen molar-refractivity contribution in [2.75, 3.05) is 19.4 Å². The SMILES string of the molecule is CCc1cc2c(s1)CCO[C@@]21CCN(Cc2cn(CC3(S(C)(=O)=O)CCCC3)nn2)[C@@H](C)C1. The lowest BCUT2D eigenvalue weighted by molar-refractivity contribution is -0.112. The molecule has 7 nitrogen and oxygen atoms in total. The minimum Gasteiger partial charge on any atom is -0.370 e. The second-order valence-corrected chi connectivity index (χ2v) is 14.0. The first-order valence-electron chi connectivity index (χ1n) is 12.3. The lowest BCUT2D eigenvalue weighted by Crippen LogP contribution is -2.50. The molecule has 0 N–H and O–H groups in total. The third kappa shape index (κ3) is 4.30. The Balaban J connectivity index is 1.26. The average Bonchev–Trinajstić information content (AvgIpc) is 3.51. The van der Waals surface area contributed by atoms with Crippen LogP contribution in [0.3, 0.4) is 0 Å². The molecule has 1 saturated carbocycles. The first-order valence-corrected chi connectivity index (χ1v) is 15.0. The van der Waals surface area contributed by atoms with Gasteiger partial charge in [-0.25, -0.2) is 8.42 Å². The number of fused-ring (bicyclic) bond motifs is 2. The predicted octanol–water partition coefficient (Wildman–Crippen LogP) is 3.71. The zero-order chi connectivity index (χ0) is 23.3. The van der Waals surface area contributed by atoms with Gasteiger partial charge in [-0.3, -0.25) is 9.58 Å². The lowest BCUT2D eigenvalue weighted by atomic mass is 9.79. The Morgan fingerprint density at radius 2 is 2.06 bits per heavy atom. The van der Waals surface area contributed by atoms with Crippen LogP contribution in [0.15, 0.2) is 12.3 Å². The molecule has 0 bridgehead atoms. The van der Waals surface area contributed by atoms with Crippen molar-refractivity contribution in [2.24, 2.45) is 0 Å². The summed E-state index contributed by atoms with van der Waals surface area (Å²) in [6, 6.07) is 2.77. The van der Waals surface area contributed by atoms with Crippen molar-refractivity contribution in [2.45, 2.75) is 94.7 Å². The lowest BCUT2D eigenvalue weighted by Gasteiger charge is -2.47. The van der Waals surface area contributed by atoms with Crippen LogP contribution in [0.25, 0.3) is 0 Å². The van der Waals surface area contributed by atoms with Crippen molar-refractivity contribution in [3.05, 3.63) is 33.3 Å². The number of aromatic nitrogens is 3. The van der Waals surface area contributed by atoms with Crippen molar-refractivity contribution < 1.29 is 13.2 Å². The maximum atomic E-state index is 12.5. The molecule has 2 aromatic rings. The zero-order valence-electron chi connectivity index (χ0n) is 20.0. The van der Waals surface area contributed by atoms with Crippen molar-refractivity contribution in [1.29, 1.82) is 0 Å². The van der Waals surface area contributed by atoms with Gasteiger partial charge in [-0.1, -0.05) is 25.0 Å². The van der Waals surface area contributed by atoms with Gasteiger partial charge in [-0.05, 0) is 50.7 Å². The number of thiophene rings is 1. The van der Waals surface area contributed by atoms with E-state index in [1.807, 2.05) is 17.5 Å². The monoisotopic (exact) mass is 492 g/mol. The van der Waals surface area contributed by atoms with Gasteiger partial charge in [0.15, 0.2) is 9.84 Å². The Labute approximate surface area is 201 Å². The molecule has 4 heterocycles. The summed E-state index contributed by atoms with van der Waals surface area (Å²) in [5.74, 6) is 0. The molecular formula is C24H36N4O3S2. The quantitative estimate of drug-likeness (QED) is 0.612. The molecule has 33 heavy (non-hydrogen) atoms. The summed E-state index contributed by atoms with van der Waals surface area (Å²) in [6.07, 6.45) is 10.8. The van der Waals surface area contributed by atoms with E-state index in [4.69, 9.17) is 4.74 Å². The maximum absolute atomic E-state index is 12.5. The fourth-order valence-electron chi connectivity index (χ4n) is 6.17. The Kier molecular flexibility index (Phi) is 6.21. The fourth-order valence-corrected chi connectivity index (χ4v) is 8.74. The number of rotatable bonds is 6. The van der Waals surface area contributed by atoms with E-state index in [1.54, 1.807) is 4.68 Å². The molecule has 182 valence electrons. The Bertz CT molecular complexity index is 1100. The van der Waals surface area contributed by atoms with Gasteiger partial charge in [0.2, 0.25) is 0 Å². The molecule has 2 fully saturated rings. The van der Waals surface area contributed by atoms with E-state index >= 15 is 0 Å². The molecule has 2 atom stereocenters. The second kappa shape index (κ2) is 8.73. The first kappa shape index (κ1) is 23.5. The molecule has 0 radical (unpaired) electrons. The molecule has 9 heteroatoms. The van der Waals surface area contributed by atoms with Crippen LogP contribution in [0.2, 0.25) is 0 Å². The van der Waals surface area contributed by atoms with Crippen molar-refractivity contribution in [3.8, 4) is 0 Å². The summed E-state index contributed by atoms with van der Waals surface area (Å²) in [5.41, 5.74) is 2.21. The van der Waals surface area contributed by atoms with E-state index in [-0.39, 0.29) is 5.60 Å². The maximum Gasteiger partial charge on any atom is 0.154 e. The minimum atomic E-state index is -3.14. The summed E-state index contributed by atoms with van der Waals surface area (Å²) < 4.78 is 32.5. The van der Waals surface area contributed by atoms with Crippen LogP contribution < -0.4 is 0 Å². The van der Waals surface area contributed by atoms with Crippen LogP contribution in [-0.4, -0.2) is 58.5 Å². The van der Waals surface area contributed by atoms with Crippen LogP contribution in [0.1, 0.15) is 73.4 Å². The van der Waals surface area contributed by atoms with Gasteiger partial charge in [-0.2, -0.15) is 0 Å². The average molecular weight is 493 g/mol. The molecule has 0 aromatic carbocycles. The molecule has 1 saturated heterocycles.